The molecule has 1 aromatic carbocycles. The fourth-order valence-corrected chi connectivity index (χ4v) is 4.18. The minimum Gasteiger partial charge on any atom is -0.360 e. The summed E-state index contributed by atoms with van der Waals surface area (Å²) in [5, 5.41) is 6.25. The van der Waals surface area contributed by atoms with Gasteiger partial charge in [0.05, 0.1) is 11.8 Å². The summed E-state index contributed by atoms with van der Waals surface area (Å²) in [4.78, 5) is 38.8. The van der Waals surface area contributed by atoms with Crippen LogP contribution in [0, 0.1) is 18.8 Å². The maximum atomic E-state index is 12.8. The predicted molar refractivity (Wildman–Crippen MR) is 96.6 cm³/mol. The zero-order chi connectivity index (χ0) is 19.0. The van der Waals surface area contributed by atoms with Crippen LogP contribution < -0.4 is 5.32 Å². The number of likely N-dealkylation sites (tertiary alicyclic amines) is 1. The number of aromatic nitrogens is 1. The number of carbonyl (C=O) groups excluding carboxylic acids is 3. The molecular formula is C20H21N3O4. The van der Waals surface area contributed by atoms with E-state index >= 15 is 0 Å². The summed E-state index contributed by atoms with van der Waals surface area (Å²) in [6.07, 6.45) is 2.21. The molecule has 7 heteroatoms. The maximum Gasteiger partial charge on any atom is 0.245 e. The number of aryl methyl sites for hydroxylation is 1. The molecule has 27 heavy (non-hydrogen) atoms. The molecule has 0 spiro atoms. The van der Waals surface area contributed by atoms with Crippen molar-refractivity contribution in [1.29, 1.82) is 0 Å². The summed E-state index contributed by atoms with van der Waals surface area (Å²) in [6, 6.07) is 11.7. The molecule has 7 nitrogen and oxygen atoms in total. The number of hydrogen-bond acceptors (Lipinski definition) is 5. The van der Waals surface area contributed by atoms with Gasteiger partial charge < -0.3 is 9.84 Å². The third kappa shape index (κ3) is 3.37. The smallest absolute Gasteiger partial charge is 0.245 e. The van der Waals surface area contributed by atoms with Gasteiger partial charge in [-0.2, -0.15) is 0 Å². The number of nitrogens with zero attached hydrogens (tertiary/aromatic N) is 2. The third-order valence-corrected chi connectivity index (χ3v) is 5.48. The molecule has 0 radical (unpaired) electrons. The van der Waals surface area contributed by atoms with E-state index in [1.54, 1.807) is 13.0 Å². The Bertz CT molecular complexity index is 876. The first-order valence-electron chi connectivity index (χ1n) is 9.16. The van der Waals surface area contributed by atoms with Gasteiger partial charge in [0, 0.05) is 6.07 Å². The highest BCUT2D eigenvalue weighted by Gasteiger charge is 2.50. The lowest BCUT2D eigenvalue weighted by Gasteiger charge is -2.28. The van der Waals surface area contributed by atoms with E-state index in [0.717, 1.165) is 11.3 Å². The molecule has 2 fully saturated rings. The lowest BCUT2D eigenvalue weighted by atomic mass is 9.73. The quantitative estimate of drug-likeness (QED) is 0.838. The second-order valence-electron chi connectivity index (χ2n) is 7.27. The van der Waals surface area contributed by atoms with Crippen molar-refractivity contribution < 1.29 is 18.9 Å². The van der Waals surface area contributed by atoms with E-state index in [1.165, 1.54) is 5.56 Å². The van der Waals surface area contributed by atoms with Gasteiger partial charge in [-0.05, 0) is 37.7 Å². The number of carbonyl (C=O) groups is 3. The first kappa shape index (κ1) is 17.5. The van der Waals surface area contributed by atoms with Gasteiger partial charge in [-0.25, -0.2) is 0 Å². The molecule has 1 saturated carbocycles. The van der Waals surface area contributed by atoms with E-state index in [0.29, 0.717) is 18.6 Å². The van der Waals surface area contributed by atoms with E-state index in [1.807, 2.05) is 18.2 Å². The molecule has 0 unspecified atom stereocenters. The largest absolute Gasteiger partial charge is 0.360 e. The van der Waals surface area contributed by atoms with Crippen LogP contribution in [0.15, 0.2) is 40.9 Å². The Morgan fingerprint density at radius 2 is 1.93 bits per heavy atom. The second-order valence-corrected chi connectivity index (χ2v) is 7.27. The first-order chi connectivity index (χ1) is 13.0. The number of amides is 3. The monoisotopic (exact) mass is 367 g/mol. The summed E-state index contributed by atoms with van der Waals surface area (Å²) in [7, 11) is 0. The van der Waals surface area contributed by atoms with Crippen molar-refractivity contribution in [3.05, 3.63) is 47.7 Å². The molecule has 1 saturated heterocycles. The standard InChI is InChI=1S/C20H21N3O4/c1-12-9-17(22-27-12)21-18(24)11-23-19(25)15-8-7-14(10-16(15)20(23)26)13-5-3-2-4-6-13/h2-6,9,14-16H,7-8,10-11H2,1H3,(H,21,22,24)/t14-,15-,16-/m1/s1. The van der Waals surface area contributed by atoms with Gasteiger partial charge in [0.15, 0.2) is 5.82 Å². The van der Waals surface area contributed by atoms with Crippen molar-refractivity contribution >= 4 is 23.5 Å². The lowest BCUT2D eigenvalue weighted by Crippen LogP contribution is -2.38. The van der Waals surface area contributed by atoms with Crippen molar-refractivity contribution in [2.24, 2.45) is 11.8 Å². The van der Waals surface area contributed by atoms with Gasteiger partial charge in [0.1, 0.15) is 12.3 Å². The highest BCUT2D eigenvalue weighted by atomic mass is 16.5. The van der Waals surface area contributed by atoms with Crippen molar-refractivity contribution in [1.82, 2.24) is 10.1 Å². The molecule has 1 aromatic heterocycles. The third-order valence-electron chi connectivity index (χ3n) is 5.48. The Labute approximate surface area is 156 Å². The van der Waals surface area contributed by atoms with E-state index in [9.17, 15) is 14.4 Å². The number of fused-ring (bicyclic) bond motifs is 1. The predicted octanol–water partition coefficient (Wildman–Crippen LogP) is 2.49. The number of nitrogens with one attached hydrogen (secondary N) is 1. The number of hydrogen-bond donors (Lipinski definition) is 1. The Morgan fingerprint density at radius 1 is 1.19 bits per heavy atom. The van der Waals surface area contributed by atoms with E-state index in [4.69, 9.17) is 4.52 Å². The van der Waals surface area contributed by atoms with Crippen LogP contribution in [0.25, 0.3) is 0 Å². The molecule has 1 N–H and O–H groups in total. The van der Waals surface area contributed by atoms with Gasteiger partial charge in [0.25, 0.3) is 0 Å². The van der Waals surface area contributed by atoms with Gasteiger partial charge >= 0.3 is 0 Å². The van der Waals surface area contributed by atoms with Crippen molar-refractivity contribution in [3.63, 3.8) is 0 Å². The molecule has 4 rings (SSSR count). The Balaban J connectivity index is 1.43. The fourth-order valence-electron chi connectivity index (χ4n) is 4.18. The summed E-state index contributed by atoms with van der Waals surface area (Å²) in [6.45, 7) is 1.43. The minimum atomic E-state index is -0.455. The molecule has 1 aliphatic heterocycles. The van der Waals surface area contributed by atoms with Crippen LogP contribution in [-0.2, 0) is 14.4 Å². The van der Waals surface area contributed by atoms with Crippen LogP contribution in [0.1, 0.15) is 36.5 Å². The summed E-state index contributed by atoms with van der Waals surface area (Å²) < 4.78 is 4.90. The van der Waals surface area contributed by atoms with Crippen LogP contribution in [0.4, 0.5) is 5.82 Å². The lowest BCUT2D eigenvalue weighted by molar-refractivity contribution is -0.142. The fraction of sp³-hybridized carbons (Fsp3) is 0.400. The molecule has 3 amide bonds. The van der Waals surface area contributed by atoms with Crippen LogP contribution >= 0.6 is 0 Å². The second kappa shape index (κ2) is 6.98. The first-order valence-corrected chi connectivity index (χ1v) is 9.16. The molecular weight excluding hydrogens is 346 g/mol. The number of benzene rings is 1. The average Bonchev–Trinajstić information content (AvgIpc) is 3.18. The molecule has 140 valence electrons. The molecule has 2 aliphatic rings. The summed E-state index contributed by atoms with van der Waals surface area (Å²) in [5.41, 5.74) is 1.20. The Kier molecular flexibility index (Phi) is 4.51. The zero-order valence-corrected chi connectivity index (χ0v) is 15.1. The minimum absolute atomic E-state index is 0.233. The van der Waals surface area contributed by atoms with E-state index in [2.05, 4.69) is 22.6 Å². The summed E-state index contributed by atoms with van der Waals surface area (Å²) >= 11 is 0. The zero-order valence-electron chi connectivity index (χ0n) is 15.1. The van der Waals surface area contributed by atoms with E-state index < -0.39 is 5.91 Å². The topological polar surface area (TPSA) is 92.5 Å². The van der Waals surface area contributed by atoms with Gasteiger partial charge in [0.2, 0.25) is 17.7 Å². The van der Waals surface area contributed by atoms with Crippen molar-refractivity contribution in [2.75, 3.05) is 11.9 Å². The van der Waals surface area contributed by atoms with Crippen LogP contribution in [0.5, 0.6) is 0 Å². The molecule has 1 aliphatic carbocycles. The van der Waals surface area contributed by atoms with Crippen LogP contribution in [-0.4, -0.2) is 34.3 Å². The van der Waals surface area contributed by atoms with Crippen LogP contribution in [0.2, 0.25) is 0 Å². The van der Waals surface area contributed by atoms with Gasteiger partial charge in [-0.15, -0.1) is 0 Å². The summed E-state index contributed by atoms with van der Waals surface area (Å²) in [5.74, 6) is -0.452. The Hall–Kier alpha value is -2.96. The molecule has 3 atom stereocenters. The highest BCUT2D eigenvalue weighted by Crippen LogP contribution is 2.44. The van der Waals surface area contributed by atoms with Crippen LogP contribution in [0.3, 0.4) is 0 Å². The highest BCUT2D eigenvalue weighted by molar-refractivity contribution is 6.08. The Morgan fingerprint density at radius 3 is 2.63 bits per heavy atom. The van der Waals surface area contributed by atoms with E-state index in [-0.39, 0.29) is 41.9 Å². The molecule has 2 aromatic rings. The molecule has 0 bridgehead atoms. The number of imide groups is 1. The normalized spacial score (nSPS) is 24.8. The average molecular weight is 367 g/mol. The van der Waals surface area contributed by atoms with Gasteiger partial charge in [-0.3, -0.25) is 19.3 Å². The number of rotatable bonds is 4. The number of anilines is 1. The van der Waals surface area contributed by atoms with Gasteiger partial charge in [-0.1, -0.05) is 35.5 Å². The van der Waals surface area contributed by atoms with Crippen molar-refractivity contribution in [2.45, 2.75) is 32.1 Å². The maximum absolute atomic E-state index is 12.8. The SMILES string of the molecule is Cc1cc(NC(=O)CN2C(=O)[C@@H]3CC[C@@H](c4ccccc4)C[C@H]3C2=O)no1. The molecule has 2 heterocycles. The van der Waals surface area contributed by atoms with Crippen molar-refractivity contribution in [3.8, 4) is 0 Å².